The first kappa shape index (κ1) is 12.4. The van der Waals surface area contributed by atoms with Gasteiger partial charge in [-0.1, -0.05) is 35.9 Å². The Bertz CT molecular complexity index is 555. The summed E-state index contributed by atoms with van der Waals surface area (Å²) < 4.78 is 0. The third kappa shape index (κ3) is 2.87. The van der Waals surface area contributed by atoms with Gasteiger partial charge in [0, 0.05) is 0 Å². The van der Waals surface area contributed by atoms with Crippen LogP contribution in [0.4, 0.5) is 0 Å². The maximum atomic E-state index is 12.2. The minimum atomic E-state index is 0.0486. The second-order valence-electron chi connectivity index (χ2n) is 5.18. The van der Waals surface area contributed by atoms with Gasteiger partial charge in [0.05, 0.1) is 10.9 Å². The van der Waals surface area contributed by atoms with Gasteiger partial charge in [-0.15, -0.1) is 11.3 Å². The molecule has 1 fully saturated rings. The van der Waals surface area contributed by atoms with Crippen molar-refractivity contribution in [3.05, 3.63) is 57.8 Å². The van der Waals surface area contributed by atoms with Gasteiger partial charge < -0.3 is 5.32 Å². The molecule has 2 nitrogen and oxygen atoms in total. The van der Waals surface area contributed by atoms with Crippen LogP contribution in [0.1, 0.15) is 39.7 Å². The normalized spacial score (nSPS) is 16.1. The van der Waals surface area contributed by atoms with Crippen molar-refractivity contribution < 1.29 is 4.79 Å². The molecule has 3 heteroatoms. The molecule has 0 aliphatic heterocycles. The summed E-state index contributed by atoms with van der Waals surface area (Å²) in [7, 11) is 0. The zero-order valence-electron chi connectivity index (χ0n) is 10.9. The van der Waals surface area contributed by atoms with E-state index in [-0.39, 0.29) is 11.9 Å². The number of benzene rings is 1. The van der Waals surface area contributed by atoms with Gasteiger partial charge in [-0.3, -0.25) is 4.79 Å². The molecule has 1 aliphatic carbocycles. The summed E-state index contributed by atoms with van der Waals surface area (Å²) in [5, 5.41) is 5.13. The van der Waals surface area contributed by atoms with Crippen LogP contribution >= 0.6 is 11.3 Å². The summed E-state index contributed by atoms with van der Waals surface area (Å²) in [5.74, 6) is 0.652. The summed E-state index contributed by atoms with van der Waals surface area (Å²) in [4.78, 5) is 13.0. The lowest BCUT2D eigenvalue weighted by Crippen LogP contribution is -2.29. The number of carbonyl (C=O) groups excluding carboxylic acids is 1. The average molecular weight is 271 g/mol. The number of thiophene rings is 1. The fraction of sp³-hybridized carbons (Fsp3) is 0.312. The summed E-state index contributed by atoms with van der Waals surface area (Å²) in [5.41, 5.74) is 2.47. The first-order chi connectivity index (χ1) is 9.24. The highest BCUT2D eigenvalue weighted by atomic mass is 32.1. The van der Waals surface area contributed by atoms with E-state index in [4.69, 9.17) is 0 Å². The summed E-state index contributed by atoms with van der Waals surface area (Å²) in [6.07, 6.45) is 2.42. The van der Waals surface area contributed by atoms with Crippen LogP contribution in [0.25, 0.3) is 0 Å². The van der Waals surface area contributed by atoms with Crippen LogP contribution in [0.3, 0.4) is 0 Å². The number of amides is 1. The first-order valence-electron chi connectivity index (χ1n) is 6.65. The minimum Gasteiger partial charge on any atom is -0.344 e. The summed E-state index contributed by atoms with van der Waals surface area (Å²) in [6.45, 7) is 2.08. The summed E-state index contributed by atoms with van der Waals surface area (Å²) >= 11 is 1.49. The van der Waals surface area contributed by atoms with E-state index in [9.17, 15) is 4.79 Å². The molecular weight excluding hydrogens is 254 g/mol. The Morgan fingerprint density at radius 3 is 2.58 bits per heavy atom. The first-order valence-corrected chi connectivity index (χ1v) is 7.53. The van der Waals surface area contributed by atoms with Crippen molar-refractivity contribution >= 4 is 17.2 Å². The van der Waals surface area contributed by atoms with Gasteiger partial charge in [0.1, 0.15) is 0 Å². The molecule has 1 aromatic carbocycles. The van der Waals surface area contributed by atoms with Crippen molar-refractivity contribution in [3.8, 4) is 0 Å². The molecular formula is C16H17NOS. The lowest BCUT2D eigenvalue weighted by Gasteiger charge is -2.18. The number of carbonyl (C=O) groups is 1. The van der Waals surface area contributed by atoms with Gasteiger partial charge >= 0.3 is 0 Å². The van der Waals surface area contributed by atoms with E-state index in [1.54, 1.807) is 0 Å². The molecule has 0 spiro atoms. The lowest BCUT2D eigenvalue weighted by atomic mass is 10.0. The monoisotopic (exact) mass is 271 g/mol. The van der Waals surface area contributed by atoms with Gasteiger partial charge in [-0.25, -0.2) is 0 Å². The fourth-order valence-electron chi connectivity index (χ4n) is 2.30. The Balaban J connectivity index is 1.78. The molecule has 1 saturated carbocycles. The predicted octanol–water partition coefficient (Wildman–Crippen LogP) is 3.94. The Kier molecular flexibility index (Phi) is 3.38. The molecule has 0 radical (unpaired) electrons. The molecule has 1 unspecified atom stereocenters. The van der Waals surface area contributed by atoms with Gasteiger partial charge in [0.2, 0.25) is 0 Å². The summed E-state index contributed by atoms with van der Waals surface area (Å²) in [6, 6.07) is 12.4. The van der Waals surface area contributed by atoms with Crippen molar-refractivity contribution in [3.63, 3.8) is 0 Å². The largest absolute Gasteiger partial charge is 0.344 e. The van der Waals surface area contributed by atoms with Crippen molar-refractivity contribution in [2.24, 2.45) is 5.92 Å². The van der Waals surface area contributed by atoms with Crippen LogP contribution in [0.5, 0.6) is 0 Å². The highest BCUT2D eigenvalue weighted by molar-refractivity contribution is 7.12. The van der Waals surface area contributed by atoms with E-state index in [0.29, 0.717) is 5.92 Å². The predicted molar refractivity (Wildman–Crippen MR) is 78.4 cm³/mol. The maximum absolute atomic E-state index is 12.2. The topological polar surface area (TPSA) is 29.1 Å². The second-order valence-corrected chi connectivity index (χ2v) is 6.12. The molecule has 0 bridgehead atoms. The van der Waals surface area contributed by atoms with Gasteiger partial charge in [0.15, 0.2) is 0 Å². The van der Waals surface area contributed by atoms with E-state index in [2.05, 4.69) is 36.5 Å². The number of rotatable bonds is 4. The third-order valence-corrected chi connectivity index (χ3v) is 4.43. The molecule has 2 aromatic rings. The van der Waals surface area contributed by atoms with Crippen LogP contribution in [0, 0.1) is 12.8 Å². The highest BCUT2D eigenvalue weighted by Crippen LogP contribution is 2.41. The van der Waals surface area contributed by atoms with E-state index in [0.717, 1.165) is 4.88 Å². The molecule has 1 aliphatic rings. The number of hydrogen-bond donors (Lipinski definition) is 1. The molecule has 19 heavy (non-hydrogen) atoms. The van der Waals surface area contributed by atoms with Crippen molar-refractivity contribution in [2.45, 2.75) is 25.8 Å². The van der Waals surface area contributed by atoms with Crippen LogP contribution < -0.4 is 5.32 Å². The Morgan fingerprint density at radius 2 is 2.00 bits per heavy atom. The van der Waals surface area contributed by atoms with Crippen molar-refractivity contribution in [1.82, 2.24) is 5.32 Å². The van der Waals surface area contributed by atoms with Crippen molar-refractivity contribution in [1.29, 1.82) is 0 Å². The Morgan fingerprint density at radius 1 is 1.26 bits per heavy atom. The van der Waals surface area contributed by atoms with E-state index >= 15 is 0 Å². The molecule has 0 saturated heterocycles. The molecule has 3 rings (SSSR count). The number of aryl methyl sites for hydroxylation is 1. The Hall–Kier alpha value is -1.61. The zero-order valence-corrected chi connectivity index (χ0v) is 11.7. The Labute approximate surface area is 117 Å². The number of nitrogens with one attached hydrogen (secondary N) is 1. The molecule has 1 aromatic heterocycles. The fourth-order valence-corrected chi connectivity index (χ4v) is 2.92. The van der Waals surface area contributed by atoms with E-state index < -0.39 is 0 Å². The van der Waals surface area contributed by atoms with Crippen molar-refractivity contribution in [2.75, 3.05) is 0 Å². The van der Waals surface area contributed by atoms with E-state index in [1.807, 2.05) is 17.5 Å². The third-order valence-electron chi connectivity index (χ3n) is 3.56. The molecule has 1 atom stereocenters. The minimum absolute atomic E-state index is 0.0486. The molecule has 1 heterocycles. The molecule has 1 N–H and O–H groups in total. The molecule has 98 valence electrons. The van der Waals surface area contributed by atoms with Crippen LogP contribution in [-0.4, -0.2) is 5.91 Å². The standard InChI is InChI=1S/C16H17NOS/c1-11-4-6-12(7-5-11)15(13-8-9-13)17-16(18)14-3-2-10-19-14/h2-7,10,13,15H,8-9H2,1H3,(H,17,18). The van der Waals surface area contributed by atoms with Gasteiger partial charge in [0.25, 0.3) is 5.91 Å². The number of hydrogen-bond acceptors (Lipinski definition) is 2. The smallest absolute Gasteiger partial charge is 0.261 e. The molecule has 1 amide bonds. The van der Waals surface area contributed by atoms with Crippen LogP contribution in [0.15, 0.2) is 41.8 Å². The quantitative estimate of drug-likeness (QED) is 0.896. The highest BCUT2D eigenvalue weighted by Gasteiger charge is 2.33. The van der Waals surface area contributed by atoms with Gasteiger partial charge in [-0.05, 0) is 42.7 Å². The SMILES string of the molecule is Cc1ccc(C(NC(=O)c2cccs2)C2CC2)cc1. The zero-order chi connectivity index (χ0) is 13.2. The van der Waals surface area contributed by atoms with Gasteiger partial charge in [-0.2, -0.15) is 0 Å². The maximum Gasteiger partial charge on any atom is 0.261 e. The average Bonchev–Trinajstić information content (AvgIpc) is 3.10. The lowest BCUT2D eigenvalue weighted by molar-refractivity contribution is 0.0936. The van der Waals surface area contributed by atoms with Crippen LogP contribution in [-0.2, 0) is 0 Å². The van der Waals surface area contributed by atoms with Crippen LogP contribution in [0.2, 0.25) is 0 Å². The second kappa shape index (κ2) is 5.17. The van der Waals surface area contributed by atoms with E-state index in [1.165, 1.54) is 35.3 Å².